The molecular formula is C16H18N4O. The van der Waals surface area contributed by atoms with Crippen LogP contribution in [0.4, 0.5) is 11.4 Å². The number of hydrazone groups is 1. The van der Waals surface area contributed by atoms with Crippen LogP contribution in [0.1, 0.15) is 12.5 Å². The molecule has 0 aliphatic rings. The number of Topliss-reactive ketones (excluding diaryl/α,β-unsaturated/α-hetero) is 1. The molecule has 0 bridgehead atoms. The van der Waals surface area contributed by atoms with Crippen LogP contribution < -0.4 is 16.3 Å². The molecule has 0 aliphatic heterocycles. The van der Waals surface area contributed by atoms with Crippen LogP contribution in [0, 0.1) is 6.92 Å². The molecule has 0 unspecified atom stereocenters. The Hall–Kier alpha value is -2.82. The van der Waals surface area contributed by atoms with E-state index in [1.54, 1.807) is 0 Å². The Morgan fingerprint density at radius 1 is 0.952 bits per heavy atom. The lowest BCUT2D eigenvalue weighted by molar-refractivity contribution is -0.111. The summed E-state index contributed by atoms with van der Waals surface area (Å²) in [6.07, 6.45) is 0. The fraction of sp³-hybridized carbons (Fsp3) is 0.125. The lowest BCUT2D eigenvalue weighted by Gasteiger charge is -2.10. The highest BCUT2D eigenvalue weighted by Gasteiger charge is 2.05. The van der Waals surface area contributed by atoms with Crippen LogP contribution in [-0.2, 0) is 4.79 Å². The number of para-hydroxylation sites is 1. The summed E-state index contributed by atoms with van der Waals surface area (Å²) in [4.78, 5) is 11.6. The predicted molar refractivity (Wildman–Crippen MR) is 86.1 cm³/mol. The summed E-state index contributed by atoms with van der Waals surface area (Å²) < 4.78 is 0. The smallest absolute Gasteiger partial charge is 0.207 e. The molecule has 0 heterocycles. The molecule has 5 nitrogen and oxygen atoms in total. The van der Waals surface area contributed by atoms with Gasteiger partial charge >= 0.3 is 0 Å². The van der Waals surface area contributed by atoms with Gasteiger partial charge in [-0.2, -0.15) is 5.10 Å². The maximum absolute atomic E-state index is 11.6. The van der Waals surface area contributed by atoms with Crippen molar-refractivity contribution in [2.24, 2.45) is 5.10 Å². The van der Waals surface area contributed by atoms with E-state index in [1.807, 2.05) is 61.5 Å². The zero-order valence-electron chi connectivity index (χ0n) is 12.1. The predicted octanol–water partition coefficient (Wildman–Crippen LogP) is 2.93. The first-order chi connectivity index (χ1) is 10.1. The molecule has 3 N–H and O–H groups in total. The van der Waals surface area contributed by atoms with Gasteiger partial charge in [-0.05, 0) is 31.2 Å². The molecule has 5 heteroatoms. The van der Waals surface area contributed by atoms with Crippen molar-refractivity contribution in [2.75, 3.05) is 10.9 Å². The number of ketones is 1. The molecule has 0 aliphatic carbocycles. The Morgan fingerprint density at radius 2 is 1.62 bits per heavy atom. The number of anilines is 2. The van der Waals surface area contributed by atoms with Crippen LogP contribution in [0.25, 0.3) is 0 Å². The van der Waals surface area contributed by atoms with Crippen LogP contribution in [0.3, 0.4) is 0 Å². The topological polar surface area (TPSA) is 65.5 Å². The number of hydrogen-bond donors (Lipinski definition) is 3. The number of amidine groups is 1. The molecule has 2 aromatic carbocycles. The van der Waals surface area contributed by atoms with E-state index in [1.165, 1.54) is 12.5 Å². The quantitative estimate of drug-likeness (QED) is 0.448. The number of carbonyl (C=O) groups is 1. The lowest BCUT2D eigenvalue weighted by atomic mass is 10.2. The van der Waals surface area contributed by atoms with Crippen molar-refractivity contribution in [1.29, 1.82) is 0 Å². The highest BCUT2D eigenvalue weighted by Crippen LogP contribution is 2.07. The average molecular weight is 282 g/mol. The van der Waals surface area contributed by atoms with E-state index < -0.39 is 0 Å². The zero-order valence-corrected chi connectivity index (χ0v) is 12.1. The first-order valence-electron chi connectivity index (χ1n) is 6.63. The van der Waals surface area contributed by atoms with Gasteiger partial charge in [-0.1, -0.05) is 35.9 Å². The third-order valence-corrected chi connectivity index (χ3v) is 2.78. The van der Waals surface area contributed by atoms with Gasteiger partial charge in [0.25, 0.3) is 0 Å². The summed E-state index contributed by atoms with van der Waals surface area (Å²) in [6, 6.07) is 17.2. The Labute approximate surface area is 124 Å². The fourth-order valence-electron chi connectivity index (χ4n) is 1.60. The maximum Gasteiger partial charge on any atom is 0.207 e. The van der Waals surface area contributed by atoms with Gasteiger partial charge in [0.1, 0.15) is 0 Å². The van der Waals surface area contributed by atoms with Crippen molar-refractivity contribution in [3.63, 3.8) is 0 Å². The second-order valence-corrected chi connectivity index (χ2v) is 4.61. The molecule has 108 valence electrons. The molecule has 0 atom stereocenters. The van der Waals surface area contributed by atoms with E-state index in [2.05, 4.69) is 21.4 Å². The Kier molecular flexibility index (Phi) is 4.93. The summed E-state index contributed by atoms with van der Waals surface area (Å²) in [6.45, 7) is 3.47. The van der Waals surface area contributed by atoms with Crippen LogP contribution in [0.2, 0.25) is 0 Å². The normalized spacial score (nSPS) is 10.9. The minimum absolute atomic E-state index is 0.168. The number of benzene rings is 2. The van der Waals surface area contributed by atoms with E-state index in [4.69, 9.17) is 0 Å². The Bertz CT molecular complexity index is 620. The molecule has 2 aromatic rings. The molecule has 0 saturated carbocycles. The first kappa shape index (κ1) is 14.6. The van der Waals surface area contributed by atoms with Gasteiger partial charge in [0.15, 0.2) is 5.78 Å². The molecule has 0 saturated heterocycles. The van der Waals surface area contributed by atoms with Crippen LogP contribution in [0.15, 0.2) is 59.7 Å². The van der Waals surface area contributed by atoms with Crippen molar-refractivity contribution in [1.82, 2.24) is 5.43 Å². The first-order valence-corrected chi connectivity index (χ1v) is 6.63. The lowest BCUT2D eigenvalue weighted by Crippen LogP contribution is -2.35. The number of hydrazine groups is 1. The minimum atomic E-state index is -0.168. The van der Waals surface area contributed by atoms with Gasteiger partial charge in [0, 0.05) is 6.92 Å². The highest BCUT2D eigenvalue weighted by molar-refractivity contribution is 6.38. The summed E-state index contributed by atoms with van der Waals surface area (Å²) in [5.74, 6) is 0.0393. The van der Waals surface area contributed by atoms with Crippen molar-refractivity contribution in [3.8, 4) is 0 Å². The second kappa shape index (κ2) is 7.09. The average Bonchev–Trinajstić information content (AvgIpc) is 2.49. The van der Waals surface area contributed by atoms with E-state index in [9.17, 15) is 4.79 Å². The van der Waals surface area contributed by atoms with Gasteiger partial charge < -0.3 is 0 Å². The number of nitrogens with one attached hydrogen (secondary N) is 3. The monoisotopic (exact) mass is 282 g/mol. The van der Waals surface area contributed by atoms with Crippen molar-refractivity contribution in [2.45, 2.75) is 13.8 Å². The summed E-state index contributed by atoms with van der Waals surface area (Å²) in [5.41, 5.74) is 11.4. The molecule has 0 spiro atoms. The number of hydrogen-bond acceptors (Lipinski definition) is 4. The fourth-order valence-corrected chi connectivity index (χ4v) is 1.60. The van der Waals surface area contributed by atoms with Gasteiger partial charge in [-0.3, -0.25) is 21.1 Å². The van der Waals surface area contributed by atoms with E-state index in [0.29, 0.717) is 0 Å². The zero-order chi connectivity index (χ0) is 15.1. The Morgan fingerprint density at radius 3 is 2.24 bits per heavy atom. The molecular weight excluding hydrogens is 264 g/mol. The SMILES string of the molecule is CC(=O)/C(=N/Nc1ccccc1)NNc1ccc(C)cc1. The molecule has 0 aromatic heterocycles. The van der Waals surface area contributed by atoms with Crippen LogP contribution >= 0.6 is 0 Å². The standard InChI is InChI=1S/C16H18N4O/c1-12-8-10-15(11-9-12)18-20-16(13(2)21)19-17-14-6-4-3-5-7-14/h3-11,17-18H,1-2H3,(H,19,20). The summed E-state index contributed by atoms with van der Waals surface area (Å²) in [5, 5.41) is 4.07. The van der Waals surface area contributed by atoms with Gasteiger partial charge in [0.2, 0.25) is 5.84 Å². The third kappa shape index (κ3) is 4.65. The van der Waals surface area contributed by atoms with E-state index in [-0.39, 0.29) is 11.6 Å². The van der Waals surface area contributed by atoms with Crippen molar-refractivity contribution in [3.05, 3.63) is 60.2 Å². The Balaban J connectivity index is 1.99. The number of carbonyl (C=O) groups excluding carboxylic acids is 1. The van der Waals surface area contributed by atoms with Crippen molar-refractivity contribution < 1.29 is 4.79 Å². The number of rotatable bonds is 5. The maximum atomic E-state index is 11.6. The molecule has 0 fully saturated rings. The molecule has 2 rings (SSSR count). The molecule has 21 heavy (non-hydrogen) atoms. The highest BCUT2D eigenvalue weighted by atomic mass is 16.1. The van der Waals surface area contributed by atoms with Crippen molar-refractivity contribution >= 4 is 23.0 Å². The van der Waals surface area contributed by atoms with Gasteiger partial charge in [-0.15, -0.1) is 0 Å². The number of aryl methyl sites for hydroxylation is 1. The van der Waals surface area contributed by atoms with Crippen LogP contribution in [0.5, 0.6) is 0 Å². The summed E-state index contributed by atoms with van der Waals surface area (Å²) >= 11 is 0. The molecule has 0 amide bonds. The van der Waals surface area contributed by atoms with E-state index in [0.717, 1.165) is 11.4 Å². The minimum Gasteiger partial charge on any atom is -0.299 e. The summed E-state index contributed by atoms with van der Waals surface area (Å²) in [7, 11) is 0. The third-order valence-electron chi connectivity index (χ3n) is 2.78. The molecule has 0 radical (unpaired) electrons. The largest absolute Gasteiger partial charge is 0.299 e. The van der Waals surface area contributed by atoms with Gasteiger partial charge in [0.05, 0.1) is 11.4 Å². The second-order valence-electron chi connectivity index (χ2n) is 4.61. The van der Waals surface area contributed by atoms with Crippen LogP contribution in [-0.4, -0.2) is 11.6 Å². The van der Waals surface area contributed by atoms with Gasteiger partial charge in [-0.25, -0.2) is 0 Å². The number of nitrogens with zero attached hydrogens (tertiary/aromatic N) is 1. The van der Waals surface area contributed by atoms with E-state index >= 15 is 0 Å².